The molecule has 3 nitrogen and oxygen atoms in total. The number of hydrogen-bond acceptors (Lipinski definition) is 4. The number of ether oxygens (including phenoxy) is 1. The Morgan fingerprint density at radius 2 is 2.09 bits per heavy atom. The van der Waals surface area contributed by atoms with E-state index in [1.807, 2.05) is 0 Å². The zero-order valence-electron chi connectivity index (χ0n) is 12.7. The van der Waals surface area contributed by atoms with E-state index in [4.69, 9.17) is 10.5 Å². The molecule has 0 radical (unpaired) electrons. The lowest BCUT2D eigenvalue weighted by Crippen LogP contribution is -2.22. The van der Waals surface area contributed by atoms with Crippen molar-refractivity contribution in [2.24, 2.45) is 11.7 Å². The molecule has 0 spiro atoms. The molecule has 0 bridgehead atoms. The molecule has 5 heteroatoms. The van der Waals surface area contributed by atoms with Crippen LogP contribution in [0.4, 0.5) is 0 Å². The number of nitrogens with two attached hydrogens (primary N) is 1. The van der Waals surface area contributed by atoms with Gasteiger partial charge in [-0.1, -0.05) is 30.3 Å². The van der Waals surface area contributed by atoms with Crippen molar-refractivity contribution >= 4 is 27.3 Å². The SMILES string of the molecule is COc1sc(CN2C[C@@H](CN)[C@H](c3ccccc3)C2)cc1Br. The molecule has 0 saturated carbocycles. The summed E-state index contributed by atoms with van der Waals surface area (Å²) in [6.45, 7) is 3.84. The van der Waals surface area contributed by atoms with E-state index in [2.05, 4.69) is 57.2 Å². The van der Waals surface area contributed by atoms with E-state index in [-0.39, 0.29) is 0 Å². The van der Waals surface area contributed by atoms with Crippen molar-refractivity contribution in [2.45, 2.75) is 12.5 Å². The van der Waals surface area contributed by atoms with E-state index >= 15 is 0 Å². The first kappa shape index (κ1) is 16.0. The summed E-state index contributed by atoms with van der Waals surface area (Å²) in [4.78, 5) is 3.83. The second kappa shape index (κ2) is 7.13. The Labute approximate surface area is 144 Å². The smallest absolute Gasteiger partial charge is 0.188 e. The molecule has 2 aromatic rings. The van der Waals surface area contributed by atoms with E-state index in [1.165, 1.54) is 10.4 Å². The summed E-state index contributed by atoms with van der Waals surface area (Å²) in [6.07, 6.45) is 0. The number of hydrogen-bond donors (Lipinski definition) is 1. The summed E-state index contributed by atoms with van der Waals surface area (Å²) < 4.78 is 6.40. The lowest BCUT2D eigenvalue weighted by Gasteiger charge is -2.16. The highest BCUT2D eigenvalue weighted by Crippen LogP contribution is 2.37. The second-order valence-corrected chi connectivity index (χ2v) is 7.71. The largest absolute Gasteiger partial charge is 0.486 e. The van der Waals surface area contributed by atoms with Crippen LogP contribution in [-0.2, 0) is 6.54 Å². The van der Waals surface area contributed by atoms with E-state index < -0.39 is 0 Å². The van der Waals surface area contributed by atoms with Crippen molar-refractivity contribution in [3.63, 3.8) is 0 Å². The van der Waals surface area contributed by atoms with Gasteiger partial charge in [0, 0.05) is 30.4 Å². The van der Waals surface area contributed by atoms with Gasteiger partial charge in [0.1, 0.15) is 0 Å². The monoisotopic (exact) mass is 380 g/mol. The maximum Gasteiger partial charge on any atom is 0.188 e. The molecule has 2 heterocycles. The van der Waals surface area contributed by atoms with E-state index in [9.17, 15) is 0 Å². The van der Waals surface area contributed by atoms with Gasteiger partial charge in [-0.05, 0) is 40.0 Å². The molecule has 1 aromatic heterocycles. The van der Waals surface area contributed by atoms with Crippen molar-refractivity contribution in [2.75, 3.05) is 26.7 Å². The highest BCUT2D eigenvalue weighted by atomic mass is 79.9. The molecule has 1 aromatic carbocycles. The summed E-state index contributed by atoms with van der Waals surface area (Å²) in [5.74, 6) is 1.07. The van der Waals surface area contributed by atoms with Crippen LogP contribution in [-0.4, -0.2) is 31.6 Å². The molecule has 0 aliphatic carbocycles. The topological polar surface area (TPSA) is 38.5 Å². The van der Waals surface area contributed by atoms with Crippen molar-refractivity contribution in [3.8, 4) is 5.06 Å². The minimum atomic E-state index is 0.535. The van der Waals surface area contributed by atoms with Crippen LogP contribution in [0.5, 0.6) is 5.06 Å². The Kier molecular flexibility index (Phi) is 5.18. The Balaban J connectivity index is 1.71. The minimum absolute atomic E-state index is 0.535. The van der Waals surface area contributed by atoms with Gasteiger partial charge in [0.25, 0.3) is 0 Å². The van der Waals surface area contributed by atoms with E-state index in [0.717, 1.165) is 35.7 Å². The zero-order valence-corrected chi connectivity index (χ0v) is 15.1. The molecule has 2 atom stereocenters. The van der Waals surface area contributed by atoms with Crippen LogP contribution in [0.1, 0.15) is 16.4 Å². The van der Waals surface area contributed by atoms with E-state index in [0.29, 0.717) is 11.8 Å². The quantitative estimate of drug-likeness (QED) is 0.859. The van der Waals surface area contributed by atoms with Gasteiger partial charge in [0.05, 0.1) is 11.6 Å². The van der Waals surface area contributed by atoms with Gasteiger partial charge in [-0.15, -0.1) is 11.3 Å². The normalized spacial score (nSPS) is 22.1. The first-order valence-corrected chi connectivity index (χ1v) is 9.11. The van der Waals surface area contributed by atoms with Crippen molar-refractivity contribution < 1.29 is 4.74 Å². The van der Waals surface area contributed by atoms with Crippen LogP contribution in [0.15, 0.2) is 40.9 Å². The maximum atomic E-state index is 6.02. The van der Waals surface area contributed by atoms with Crippen LogP contribution >= 0.6 is 27.3 Å². The number of nitrogens with zero attached hydrogens (tertiary/aromatic N) is 1. The van der Waals surface area contributed by atoms with Gasteiger partial charge in [-0.3, -0.25) is 4.90 Å². The standard InChI is InChI=1S/C17H21BrN2OS/c1-21-17-16(18)7-14(22-17)10-20-9-13(8-19)15(11-20)12-5-3-2-4-6-12/h2-7,13,15H,8-11,19H2,1H3/t13-,15+/m1/s1. The van der Waals surface area contributed by atoms with Gasteiger partial charge in [0.2, 0.25) is 0 Å². The summed E-state index contributed by atoms with van der Waals surface area (Å²) in [6, 6.07) is 12.9. The second-order valence-electron chi connectivity index (χ2n) is 5.76. The molecule has 2 N–H and O–H groups in total. The van der Waals surface area contributed by atoms with Gasteiger partial charge < -0.3 is 10.5 Å². The third kappa shape index (κ3) is 3.38. The van der Waals surface area contributed by atoms with Gasteiger partial charge >= 0.3 is 0 Å². The Hall–Kier alpha value is -0.880. The third-order valence-electron chi connectivity index (χ3n) is 4.32. The van der Waals surface area contributed by atoms with Gasteiger partial charge in [-0.2, -0.15) is 0 Å². The number of likely N-dealkylation sites (tertiary alicyclic amines) is 1. The Morgan fingerprint density at radius 3 is 2.73 bits per heavy atom. The van der Waals surface area contributed by atoms with Crippen LogP contribution in [0.3, 0.4) is 0 Å². The molecule has 1 aliphatic heterocycles. The number of halogens is 1. The maximum absolute atomic E-state index is 6.02. The van der Waals surface area contributed by atoms with Crippen molar-refractivity contribution in [1.82, 2.24) is 4.90 Å². The molecule has 0 amide bonds. The Bertz CT molecular complexity index is 616. The first-order valence-electron chi connectivity index (χ1n) is 7.50. The highest BCUT2D eigenvalue weighted by molar-refractivity contribution is 9.10. The van der Waals surface area contributed by atoms with Gasteiger partial charge in [0.15, 0.2) is 5.06 Å². The summed E-state index contributed by atoms with van der Waals surface area (Å²) >= 11 is 5.26. The minimum Gasteiger partial charge on any atom is -0.486 e. The summed E-state index contributed by atoms with van der Waals surface area (Å²) in [5, 5.41) is 0.948. The zero-order chi connectivity index (χ0) is 15.5. The lowest BCUT2D eigenvalue weighted by atomic mass is 9.89. The average molecular weight is 381 g/mol. The molecule has 22 heavy (non-hydrogen) atoms. The molecule has 118 valence electrons. The fraction of sp³-hybridized carbons (Fsp3) is 0.412. The van der Waals surface area contributed by atoms with Gasteiger partial charge in [-0.25, -0.2) is 0 Å². The predicted molar refractivity (Wildman–Crippen MR) is 95.6 cm³/mol. The molecule has 1 fully saturated rings. The molecule has 3 rings (SSSR count). The molecular formula is C17H21BrN2OS. The number of thiophene rings is 1. The molecule has 1 aliphatic rings. The first-order chi connectivity index (χ1) is 10.7. The fourth-order valence-electron chi connectivity index (χ4n) is 3.24. The van der Waals surface area contributed by atoms with Crippen LogP contribution in [0.25, 0.3) is 0 Å². The third-order valence-corrected chi connectivity index (χ3v) is 6.25. The average Bonchev–Trinajstić information content (AvgIpc) is 3.11. The molecular weight excluding hydrogens is 360 g/mol. The van der Waals surface area contributed by atoms with E-state index in [1.54, 1.807) is 18.4 Å². The summed E-state index contributed by atoms with van der Waals surface area (Å²) in [5.41, 5.74) is 7.42. The Morgan fingerprint density at radius 1 is 1.32 bits per heavy atom. The van der Waals surface area contributed by atoms with Crippen LogP contribution < -0.4 is 10.5 Å². The summed E-state index contributed by atoms with van der Waals surface area (Å²) in [7, 11) is 1.71. The lowest BCUT2D eigenvalue weighted by molar-refractivity contribution is 0.319. The predicted octanol–water partition coefficient (Wildman–Crippen LogP) is 3.69. The molecule has 0 unspecified atom stereocenters. The van der Waals surface area contributed by atoms with Crippen LogP contribution in [0.2, 0.25) is 0 Å². The van der Waals surface area contributed by atoms with Crippen LogP contribution in [0, 0.1) is 5.92 Å². The van der Waals surface area contributed by atoms with Crippen molar-refractivity contribution in [1.29, 1.82) is 0 Å². The number of rotatable bonds is 5. The highest BCUT2D eigenvalue weighted by Gasteiger charge is 2.32. The fourth-order valence-corrected chi connectivity index (χ4v) is 4.98. The number of methoxy groups -OCH3 is 1. The number of benzene rings is 1. The molecule has 1 saturated heterocycles. The van der Waals surface area contributed by atoms with Crippen molar-refractivity contribution in [3.05, 3.63) is 51.3 Å².